The van der Waals surface area contributed by atoms with Gasteiger partial charge in [0.15, 0.2) is 0 Å². The molecule has 0 bridgehead atoms. The number of fused-ring (bicyclic) bond motifs is 3. The second kappa shape index (κ2) is 6.11. The fourth-order valence-electron chi connectivity index (χ4n) is 3.00. The predicted octanol–water partition coefficient (Wildman–Crippen LogP) is 4.07. The fourth-order valence-corrected chi connectivity index (χ4v) is 3.00. The van der Waals surface area contributed by atoms with E-state index in [1.54, 1.807) is 26.0 Å². The minimum atomic E-state index is -0.527. The number of benzene rings is 2. The van der Waals surface area contributed by atoms with Gasteiger partial charge in [-0.1, -0.05) is 24.3 Å². The summed E-state index contributed by atoms with van der Waals surface area (Å²) in [5.74, 6) is -0.805. The lowest BCUT2D eigenvalue weighted by Crippen LogP contribution is -2.32. The van der Waals surface area contributed by atoms with Crippen LogP contribution in [0.2, 0.25) is 0 Å². The van der Waals surface area contributed by atoms with Gasteiger partial charge in [0.25, 0.3) is 0 Å². The Morgan fingerprint density at radius 1 is 0.708 bits per heavy atom. The molecule has 0 radical (unpaired) electrons. The summed E-state index contributed by atoms with van der Waals surface area (Å²) in [5.41, 5.74) is 4.23. The number of carbonyl (C=O) groups excluding carboxylic acids is 2. The standard InChI is InChI=1S/C20H20O4/c1-11-7-5-9-15-17(11)18-12(2)8-6-10-16(18)20(22)24-14(4)13(3)23-19(15)21/h5-10,13-14H,1-4H3/t13-,14-/m0/s1. The first-order valence-electron chi connectivity index (χ1n) is 8.01. The van der Waals surface area contributed by atoms with Crippen LogP contribution in [0.1, 0.15) is 45.7 Å². The number of ether oxygens (including phenoxy) is 2. The Kier molecular flexibility index (Phi) is 4.14. The van der Waals surface area contributed by atoms with E-state index in [4.69, 9.17) is 9.47 Å². The molecular weight excluding hydrogens is 304 g/mol. The summed E-state index contributed by atoms with van der Waals surface area (Å²) in [6, 6.07) is 11.0. The van der Waals surface area contributed by atoms with Crippen molar-refractivity contribution in [1.29, 1.82) is 0 Å². The van der Waals surface area contributed by atoms with Crippen molar-refractivity contribution >= 4 is 11.9 Å². The highest BCUT2D eigenvalue weighted by Gasteiger charge is 2.29. The lowest BCUT2D eigenvalue weighted by Gasteiger charge is -2.25. The third-order valence-electron chi connectivity index (χ3n) is 4.48. The van der Waals surface area contributed by atoms with Crippen molar-refractivity contribution in [3.63, 3.8) is 0 Å². The Labute approximate surface area is 141 Å². The van der Waals surface area contributed by atoms with Crippen LogP contribution in [0.15, 0.2) is 36.4 Å². The van der Waals surface area contributed by atoms with E-state index in [1.165, 1.54) is 0 Å². The summed E-state index contributed by atoms with van der Waals surface area (Å²) in [6.07, 6.45) is -1.05. The molecule has 1 heterocycles. The van der Waals surface area contributed by atoms with E-state index in [2.05, 4.69) is 0 Å². The molecule has 0 saturated carbocycles. The third-order valence-corrected chi connectivity index (χ3v) is 4.48. The molecule has 0 amide bonds. The van der Waals surface area contributed by atoms with Gasteiger partial charge in [0.2, 0.25) is 0 Å². The second-order valence-electron chi connectivity index (χ2n) is 6.22. The van der Waals surface area contributed by atoms with Crippen LogP contribution < -0.4 is 0 Å². The molecule has 2 aromatic carbocycles. The molecule has 4 nitrogen and oxygen atoms in total. The van der Waals surface area contributed by atoms with Gasteiger partial charge in [-0.3, -0.25) is 0 Å². The van der Waals surface area contributed by atoms with Gasteiger partial charge < -0.3 is 9.47 Å². The normalized spacial score (nSPS) is 20.5. The van der Waals surface area contributed by atoms with Crippen LogP contribution in [0.3, 0.4) is 0 Å². The van der Waals surface area contributed by atoms with Gasteiger partial charge in [-0.15, -0.1) is 0 Å². The third kappa shape index (κ3) is 2.68. The molecule has 0 unspecified atom stereocenters. The molecule has 0 spiro atoms. The Hall–Kier alpha value is -2.62. The fraction of sp³-hybridized carbons (Fsp3) is 0.300. The molecule has 1 aliphatic heterocycles. The van der Waals surface area contributed by atoms with Crippen LogP contribution in [-0.4, -0.2) is 24.1 Å². The number of esters is 2. The maximum absolute atomic E-state index is 12.7. The summed E-state index contributed by atoms with van der Waals surface area (Å²) in [4.78, 5) is 25.3. The number of rotatable bonds is 0. The molecule has 0 fully saturated rings. The zero-order valence-corrected chi connectivity index (χ0v) is 14.3. The Bertz CT molecular complexity index is 753. The summed E-state index contributed by atoms with van der Waals surface area (Å²) >= 11 is 0. The molecule has 0 saturated heterocycles. The number of hydrogen-bond acceptors (Lipinski definition) is 4. The first kappa shape index (κ1) is 16.2. The van der Waals surface area contributed by atoms with Crippen molar-refractivity contribution in [2.24, 2.45) is 0 Å². The van der Waals surface area contributed by atoms with E-state index in [0.29, 0.717) is 11.1 Å². The van der Waals surface area contributed by atoms with Crippen LogP contribution >= 0.6 is 0 Å². The Morgan fingerprint density at radius 2 is 1.08 bits per heavy atom. The highest BCUT2D eigenvalue weighted by molar-refractivity contribution is 6.05. The van der Waals surface area contributed by atoms with E-state index in [9.17, 15) is 9.59 Å². The van der Waals surface area contributed by atoms with E-state index >= 15 is 0 Å². The number of hydrogen-bond donors (Lipinski definition) is 0. The van der Waals surface area contributed by atoms with Gasteiger partial charge in [0, 0.05) is 11.1 Å². The van der Waals surface area contributed by atoms with E-state index in [-0.39, 0.29) is 0 Å². The first-order chi connectivity index (χ1) is 11.4. The Morgan fingerprint density at radius 3 is 1.46 bits per heavy atom. The average Bonchev–Trinajstić information content (AvgIpc) is 2.53. The average molecular weight is 324 g/mol. The van der Waals surface area contributed by atoms with Crippen molar-refractivity contribution in [2.45, 2.75) is 39.9 Å². The molecule has 0 aliphatic carbocycles. The largest absolute Gasteiger partial charge is 0.455 e. The van der Waals surface area contributed by atoms with Crippen LogP contribution in [0.5, 0.6) is 0 Å². The van der Waals surface area contributed by atoms with Crippen LogP contribution in [0, 0.1) is 13.8 Å². The predicted molar refractivity (Wildman–Crippen MR) is 91.1 cm³/mol. The monoisotopic (exact) mass is 324 g/mol. The van der Waals surface area contributed by atoms with E-state index in [0.717, 1.165) is 22.3 Å². The highest BCUT2D eigenvalue weighted by Crippen LogP contribution is 2.35. The van der Waals surface area contributed by atoms with Crippen molar-refractivity contribution in [3.8, 4) is 11.1 Å². The zero-order valence-electron chi connectivity index (χ0n) is 14.3. The maximum atomic E-state index is 12.7. The van der Waals surface area contributed by atoms with Gasteiger partial charge in [-0.25, -0.2) is 9.59 Å². The highest BCUT2D eigenvalue weighted by atomic mass is 16.6. The van der Waals surface area contributed by atoms with Crippen LogP contribution in [0.4, 0.5) is 0 Å². The molecule has 1 aliphatic rings. The van der Waals surface area contributed by atoms with Crippen LogP contribution in [-0.2, 0) is 9.47 Å². The molecular formula is C20H20O4. The lowest BCUT2D eigenvalue weighted by atomic mass is 9.88. The SMILES string of the molecule is Cc1cccc2c1-c1c(C)cccc1C(=O)O[C@@H](C)[C@H](C)OC2=O. The van der Waals surface area contributed by atoms with Gasteiger partial charge in [-0.05, 0) is 51.0 Å². The first-order valence-corrected chi connectivity index (χ1v) is 8.01. The second-order valence-corrected chi connectivity index (χ2v) is 6.22. The minimum Gasteiger partial charge on any atom is -0.455 e. The van der Waals surface area contributed by atoms with Crippen LogP contribution in [0.25, 0.3) is 11.1 Å². The van der Waals surface area contributed by atoms with Gasteiger partial charge in [0.05, 0.1) is 11.1 Å². The number of cyclic esters (lactones) is 2. The minimum absolute atomic E-state index is 0.403. The molecule has 24 heavy (non-hydrogen) atoms. The summed E-state index contributed by atoms with van der Waals surface area (Å²) in [7, 11) is 0. The lowest BCUT2D eigenvalue weighted by molar-refractivity contribution is -0.0241. The zero-order chi connectivity index (χ0) is 17.4. The topological polar surface area (TPSA) is 52.6 Å². The van der Waals surface area contributed by atoms with Gasteiger partial charge in [-0.2, -0.15) is 0 Å². The van der Waals surface area contributed by atoms with Crippen molar-refractivity contribution in [2.75, 3.05) is 0 Å². The molecule has 4 heteroatoms. The molecule has 124 valence electrons. The smallest absolute Gasteiger partial charge is 0.339 e. The molecule has 0 aromatic heterocycles. The van der Waals surface area contributed by atoms with Gasteiger partial charge >= 0.3 is 11.9 Å². The molecule has 0 N–H and O–H groups in total. The number of carbonyl (C=O) groups is 2. The van der Waals surface area contributed by atoms with Crippen molar-refractivity contribution in [3.05, 3.63) is 58.7 Å². The summed E-state index contributed by atoms with van der Waals surface area (Å²) in [5, 5.41) is 0. The maximum Gasteiger partial charge on any atom is 0.339 e. The molecule has 2 aromatic rings. The molecule has 3 rings (SSSR count). The van der Waals surface area contributed by atoms with Gasteiger partial charge in [0.1, 0.15) is 12.2 Å². The summed E-state index contributed by atoms with van der Waals surface area (Å²) in [6.45, 7) is 7.30. The number of aryl methyl sites for hydroxylation is 2. The van der Waals surface area contributed by atoms with Crippen molar-refractivity contribution < 1.29 is 19.1 Å². The Balaban J connectivity index is 2.35. The molecule has 2 atom stereocenters. The quantitative estimate of drug-likeness (QED) is 0.685. The van der Waals surface area contributed by atoms with Crippen molar-refractivity contribution in [1.82, 2.24) is 0 Å². The van der Waals surface area contributed by atoms with E-state index < -0.39 is 24.1 Å². The van der Waals surface area contributed by atoms with E-state index in [1.807, 2.05) is 38.1 Å². The summed E-state index contributed by atoms with van der Waals surface area (Å²) < 4.78 is 11.0.